The highest BCUT2D eigenvalue weighted by atomic mass is 16.5. The standard InChI is InChI=1S/C33H41N3O4/c1-6-36-30(34-35-32(36)40-22-24-13-17-28(18-14-24)33(2,3)4)12-8-10-23-9-7-11-25(19-23)26-15-16-27(29(37)20-26)21-31(38)39-5/h7,9,11,13-20,32,35,37H,6,8,10,12,21-22H2,1-5H3. The van der Waals surface area contributed by atoms with Gasteiger partial charge in [0.2, 0.25) is 6.35 Å². The van der Waals surface area contributed by atoms with E-state index in [2.05, 4.69) is 79.5 Å². The fourth-order valence-electron chi connectivity index (χ4n) is 4.83. The van der Waals surface area contributed by atoms with E-state index in [0.717, 1.165) is 48.3 Å². The number of hydrazone groups is 1. The van der Waals surface area contributed by atoms with Crippen LogP contribution in [0.3, 0.4) is 0 Å². The van der Waals surface area contributed by atoms with Crippen LogP contribution in [0.15, 0.2) is 71.8 Å². The van der Waals surface area contributed by atoms with Gasteiger partial charge < -0.3 is 19.5 Å². The predicted octanol–water partition coefficient (Wildman–Crippen LogP) is 6.13. The molecule has 1 atom stereocenters. The van der Waals surface area contributed by atoms with E-state index in [4.69, 9.17) is 9.47 Å². The summed E-state index contributed by atoms with van der Waals surface area (Å²) >= 11 is 0. The number of hydrogen-bond acceptors (Lipinski definition) is 7. The summed E-state index contributed by atoms with van der Waals surface area (Å²) in [5.74, 6) is 0.730. The van der Waals surface area contributed by atoms with Gasteiger partial charge in [-0.2, -0.15) is 5.10 Å². The predicted molar refractivity (Wildman–Crippen MR) is 159 cm³/mol. The highest BCUT2D eigenvalue weighted by Crippen LogP contribution is 2.28. The zero-order valence-corrected chi connectivity index (χ0v) is 24.2. The van der Waals surface area contributed by atoms with E-state index >= 15 is 0 Å². The Labute approximate surface area is 237 Å². The van der Waals surface area contributed by atoms with Crippen LogP contribution in [0.25, 0.3) is 11.1 Å². The maximum absolute atomic E-state index is 11.6. The van der Waals surface area contributed by atoms with E-state index in [1.165, 1.54) is 18.2 Å². The van der Waals surface area contributed by atoms with Gasteiger partial charge in [-0.25, -0.2) is 0 Å². The van der Waals surface area contributed by atoms with E-state index in [1.54, 1.807) is 12.1 Å². The van der Waals surface area contributed by atoms with Gasteiger partial charge in [-0.3, -0.25) is 10.2 Å². The number of ether oxygens (including phenoxy) is 2. The molecule has 4 rings (SSSR count). The normalized spacial score (nSPS) is 15.1. The van der Waals surface area contributed by atoms with Crippen LogP contribution in [0.2, 0.25) is 0 Å². The number of phenolic OH excluding ortho intramolecular Hbond substituents is 1. The molecule has 7 heteroatoms. The summed E-state index contributed by atoms with van der Waals surface area (Å²) in [6.07, 6.45) is 2.48. The highest BCUT2D eigenvalue weighted by Gasteiger charge is 2.26. The molecule has 1 unspecified atom stereocenters. The lowest BCUT2D eigenvalue weighted by Gasteiger charge is -2.26. The van der Waals surface area contributed by atoms with Crippen LogP contribution < -0.4 is 5.43 Å². The highest BCUT2D eigenvalue weighted by molar-refractivity contribution is 5.83. The average Bonchev–Trinajstić information content (AvgIpc) is 3.34. The minimum atomic E-state index is -0.377. The summed E-state index contributed by atoms with van der Waals surface area (Å²) in [6.45, 7) is 10.1. The SMILES string of the molecule is CCN1C(CCCc2cccc(-c3ccc(CC(=O)OC)c(O)c3)c2)=NNC1OCc1ccc(C(C)(C)C)cc1. The van der Waals surface area contributed by atoms with Gasteiger partial charge in [0, 0.05) is 18.5 Å². The van der Waals surface area contributed by atoms with Crippen LogP contribution in [-0.2, 0) is 39.1 Å². The first-order chi connectivity index (χ1) is 19.2. The number of nitrogens with one attached hydrogen (secondary N) is 1. The maximum atomic E-state index is 11.6. The molecule has 0 saturated carbocycles. The zero-order chi connectivity index (χ0) is 28.7. The van der Waals surface area contributed by atoms with E-state index in [1.807, 2.05) is 18.2 Å². The Bertz CT molecular complexity index is 1330. The third-order valence-electron chi connectivity index (χ3n) is 7.26. The van der Waals surface area contributed by atoms with Crippen molar-refractivity contribution in [3.63, 3.8) is 0 Å². The molecular weight excluding hydrogens is 502 g/mol. The number of benzene rings is 3. The van der Waals surface area contributed by atoms with Gasteiger partial charge in [0.1, 0.15) is 11.6 Å². The molecule has 212 valence electrons. The Kier molecular flexibility index (Phi) is 9.48. The number of methoxy groups -OCH3 is 1. The Hall–Kier alpha value is -3.84. The summed E-state index contributed by atoms with van der Waals surface area (Å²) in [5, 5.41) is 15.0. The largest absolute Gasteiger partial charge is 0.508 e. The van der Waals surface area contributed by atoms with Gasteiger partial charge in [-0.15, -0.1) is 0 Å². The molecule has 0 bridgehead atoms. The van der Waals surface area contributed by atoms with Gasteiger partial charge >= 0.3 is 5.97 Å². The molecule has 1 aliphatic rings. The summed E-state index contributed by atoms with van der Waals surface area (Å²) in [4.78, 5) is 13.7. The average molecular weight is 544 g/mol. The Morgan fingerprint density at radius 3 is 2.42 bits per heavy atom. The first-order valence-electron chi connectivity index (χ1n) is 14.0. The molecule has 1 aliphatic heterocycles. The van der Waals surface area contributed by atoms with Crippen molar-refractivity contribution >= 4 is 11.8 Å². The van der Waals surface area contributed by atoms with E-state index in [9.17, 15) is 9.90 Å². The zero-order valence-electron chi connectivity index (χ0n) is 24.2. The molecule has 7 nitrogen and oxygen atoms in total. The van der Waals surface area contributed by atoms with Crippen LogP contribution in [-0.4, -0.2) is 41.8 Å². The van der Waals surface area contributed by atoms with Crippen molar-refractivity contribution in [2.24, 2.45) is 5.10 Å². The lowest BCUT2D eigenvalue weighted by molar-refractivity contribution is -0.139. The molecule has 0 aromatic heterocycles. The van der Waals surface area contributed by atoms with Gasteiger partial charge in [0.05, 0.1) is 20.1 Å². The smallest absolute Gasteiger partial charge is 0.310 e. The molecule has 3 aromatic rings. The number of nitrogens with zero attached hydrogens (tertiary/aromatic N) is 2. The van der Waals surface area contributed by atoms with E-state index < -0.39 is 0 Å². The van der Waals surface area contributed by atoms with Crippen LogP contribution in [0, 0.1) is 0 Å². The molecule has 0 amide bonds. The number of carbonyl (C=O) groups is 1. The van der Waals surface area contributed by atoms with Crippen molar-refractivity contribution in [2.45, 2.75) is 71.8 Å². The van der Waals surface area contributed by atoms with Gasteiger partial charge in [0.15, 0.2) is 0 Å². The number of rotatable bonds is 11. The van der Waals surface area contributed by atoms with Gasteiger partial charge in [-0.05, 0) is 59.1 Å². The number of hydrogen-bond donors (Lipinski definition) is 2. The van der Waals surface area contributed by atoms with E-state index in [-0.39, 0.29) is 29.9 Å². The Balaban J connectivity index is 1.29. The van der Waals surface area contributed by atoms with Crippen molar-refractivity contribution in [1.29, 1.82) is 0 Å². The first-order valence-corrected chi connectivity index (χ1v) is 14.0. The summed E-state index contributed by atoms with van der Waals surface area (Å²) in [7, 11) is 1.34. The Morgan fingerprint density at radius 1 is 1.00 bits per heavy atom. The molecular formula is C33H41N3O4. The summed E-state index contributed by atoms with van der Waals surface area (Å²) in [5.41, 5.74) is 9.45. The minimum Gasteiger partial charge on any atom is -0.508 e. The van der Waals surface area contributed by atoms with Crippen molar-refractivity contribution in [2.75, 3.05) is 13.7 Å². The molecule has 1 heterocycles. The minimum absolute atomic E-state index is 0.0482. The second kappa shape index (κ2) is 13.0. The van der Waals surface area contributed by atoms with Crippen molar-refractivity contribution in [3.8, 4) is 16.9 Å². The van der Waals surface area contributed by atoms with Gasteiger partial charge in [-0.1, -0.05) is 81.4 Å². The fourth-order valence-corrected chi connectivity index (χ4v) is 4.83. The van der Waals surface area contributed by atoms with Crippen molar-refractivity contribution in [1.82, 2.24) is 10.3 Å². The monoisotopic (exact) mass is 543 g/mol. The maximum Gasteiger partial charge on any atom is 0.310 e. The molecule has 0 saturated heterocycles. The number of esters is 1. The molecule has 40 heavy (non-hydrogen) atoms. The lowest BCUT2D eigenvalue weighted by Crippen LogP contribution is -2.41. The number of amidine groups is 1. The summed E-state index contributed by atoms with van der Waals surface area (Å²) < 4.78 is 10.9. The van der Waals surface area contributed by atoms with Crippen LogP contribution >= 0.6 is 0 Å². The molecule has 0 fully saturated rings. The lowest BCUT2D eigenvalue weighted by atomic mass is 9.87. The third-order valence-corrected chi connectivity index (χ3v) is 7.26. The van der Waals surface area contributed by atoms with Gasteiger partial charge in [0.25, 0.3) is 0 Å². The number of aromatic hydroxyl groups is 1. The summed E-state index contributed by atoms with van der Waals surface area (Å²) in [6, 6.07) is 22.4. The molecule has 2 N–H and O–H groups in total. The quantitative estimate of drug-likeness (QED) is 0.283. The van der Waals surface area contributed by atoms with Crippen molar-refractivity contribution < 1.29 is 19.4 Å². The topological polar surface area (TPSA) is 83.4 Å². The van der Waals surface area contributed by atoms with Crippen LogP contribution in [0.1, 0.15) is 62.8 Å². The van der Waals surface area contributed by atoms with Crippen molar-refractivity contribution in [3.05, 3.63) is 89.0 Å². The van der Waals surface area contributed by atoms with Crippen LogP contribution in [0.4, 0.5) is 0 Å². The second-order valence-corrected chi connectivity index (χ2v) is 11.2. The first kappa shape index (κ1) is 29.2. The molecule has 0 spiro atoms. The van der Waals surface area contributed by atoms with Crippen LogP contribution in [0.5, 0.6) is 5.75 Å². The Morgan fingerprint density at radius 2 is 1.75 bits per heavy atom. The molecule has 3 aromatic carbocycles. The number of aryl methyl sites for hydroxylation is 1. The second-order valence-electron chi connectivity index (χ2n) is 11.2. The molecule has 0 radical (unpaired) electrons. The number of carbonyl (C=O) groups excluding carboxylic acids is 1. The van der Waals surface area contributed by atoms with E-state index in [0.29, 0.717) is 12.2 Å². The number of phenols is 1. The molecule has 0 aliphatic carbocycles. The fraction of sp³-hybridized carbons (Fsp3) is 0.394. The third kappa shape index (κ3) is 7.42.